The number of aryl methyl sites for hydroxylation is 2. The molecule has 3 heterocycles. The Morgan fingerprint density at radius 1 is 1.45 bits per heavy atom. The van der Waals surface area contributed by atoms with Crippen LogP contribution in [0.3, 0.4) is 0 Å². The minimum absolute atomic E-state index is 0.266. The van der Waals surface area contributed by atoms with Gasteiger partial charge in [-0.1, -0.05) is 6.92 Å². The quantitative estimate of drug-likeness (QED) is 0.739. The molecule has 0 saturated heterocycles. The van der Waals surface area contributed by atoms with Gasteiger partial charge >= 0.3 is 0 Å². The van der Waals surface area contributed by atoms with Crippen LogP contribution in [0.1, 0.15) is 28.7 Å². The van der Waals surface area contributed by atoms with E-state index in [1.54, 1.807) is 10.6 Å². The van der Waals surface area contributed by atoms with Crippen molar-refractivity contribution in [3.63, 3.8) is 0 Å². The Labute approximate surface area is 114 Å². The van der Waals surface area contributed by atoms with Crippen molar-refractivity contribution in [2.24, 2.45) is 0 Å². The molecule has 8 nitrogen and oxygen atoms in total. The van der Waals surface area contributed by atoms with Crippen molar-refractivity contribution >= 4 is 17.5 Å². The Morgan fingerprint density at radius 2 is 2.30 bits per heavy atom. The number of anilines is 1. The number of rotatable bonds is 3. The predicted octanol–water partition coefficient (Wildman–Crippen LogP) is 0.971. The van der Waals surface area contributed by atoms with Gasteiger partial charge in [0.25, 0.3) is 11.7 Å². The standard InChI is InChI=1S/C12H13N7O/c1-3-9-8(5-13-12-14-6-15-19(9)12)11(20)16-10-4-7(2)17-18-10/h4-6H,3H2,1-2H3,(H2,16,17,18,20). The molecule has 102 valence electrons. The number of nitrogens with zero attached hydrogens (tertiary/aromatic N) is 5. The molecule has 0 bridgehead atoms. The molecule has 0 saturated carbocycles. The SMILES string of the molecule is CCc1c(C(=O)Nc2cc(C)[nH]n2)cnc2ncnn12. The molecule has 0 aromatic carbocycles. The lowest BCUT2D eigenvalue weighted by molar-refractivity contribution is 0.102. The summed E-state index contributed by atoms with van der Waals surface area (Å²) in [5.74, 6) is 0.695. The van der Waals surface area contributed by atoms with Crippen molar-refractivity contribution in [3.8, 4) is 0 Å². The highest BCUT2D eigenvalue weighted by Crippen LogP contribution is 2.12. The molecule has 3 rings (SSSR count). The minimum Gasteiger partial charge on any atom is -0.305 e. The minimum atomic E-state index is -0.266. The van der Waals surface area contributed by atoms with E-state index in [0.29, 0.717) is 23.6 Å². The zero-order chi connectivity index (χ0) is 14.1. The number of carbonyl (C=O) groups excluding carboxylic acids is 1. The smallest absolute Gasteiger partial charge is 0.260 e. The molecular formula is C12H13N7O. The molecule has 0 fully saturated rings. The molecule has 0 aliphatic heterocycles. The summed E-state index contributed by atoms with van der Waals surface area (Å²) in [4.78, 5) is 20.4. The molecule has 0 spiro atoms. The second-order valence-electron chi connectivity index (χ2n) is 4.33. The van der Waals surface area contributed by atoms with Gasteiger partial charge in [-0.25, -0.2) is 9.50 Å². The number of H-pyrrole nitrogens is 1. The van der Waals surface area contributed by atoms with Crippen LogP contribution in [0.15, 0.2) is 18.6 Å². The van der Waals surface area contributed by atoms with Crippen molar-refractivity contribution in [2.75, 3.05) is 5.32 Å². The van der Waals surface area contributed by atoms with E-state index in [4.69, 9.17) is 0 Å². The van der Waals surface area contributed by atoms with Crippen LogP contribution in [-0.4, -0.2) is 35.7 Å². The Bertz CT molecular complexity index is 773. The third-order valence-electron chi connectivity index (χ3n) is 2.93. The van der Waals surface area contributed by atoms with Crippen LogP contribution >= 0.6 is 0 Å². The number of amides is 1. The van der Waals surface area contributed by atoms with E-state index in [1.807, 2.05) is 13.8 Å². The zero-order valence-corrected chi connectivity index (χ0v) is 11.1. The van der Waals surface area contributed by atoms with E-state index in [9.17, 15) is 4.79 Å². The lowest BCUT2D eigenvalue weighted by atomic mass is 10.2. The van der Waals surface area contributed by atoms with E-state index in [1.165, 1.54) is 12.5 Å². The molecule has 0 aliphatic carbocycles. The van der Waals surface area contributed by atoms with Gasteiger partial charge in [-0.3, -0.25) is 9.89 Å². The van der Waals surface area contributed by atoms with Crippen LogP contribution in [0.2, 0.25) is 0 Å². The number of nitrogens with one attached hydrogen (secondary N) is 2. The zero-order valence-electron chi connectivity index (χ0n) is 11.1. The van der Waals surface area contributed by atoms with Gasteiger partial charge in [0.05, 0.1) is 11.3 Å². The fourth-order valence-electron chi connectivity index (χ4n) is 2.02. The first kappa shape index (κ1) is 12.3. The van der Waals surface area contributed by atoms with Gasteiger partial charge in [0.2, 0.25) is 0 Å². The highest BCUT2D eigenvalue weighted by atomic mass is 16.1. The van der Waals surface area contributed by atoms with Crippen LogP contribution in [0.25, 0.3) is 5.78 Å². The molecule has 3 aromatic heterocycles. The van der Waals surface area contributed by atoms with Gasteiger partial charge in [0.1, 0.15) is 6.33 Å². The number of aromatic nitrogens is 6. The molecule has 8 heteroatoms. The normalized spacial score (nSPS) is 10.9. The van der Waals surface area contributed by atoms with Gasteiger partial charge in [-0.05, 0) is 13.3 Å². The maximum Gasteiger partial charge on any atom is 0.260 e. The van der Waals surface area contributed by atoms with E-state index < -0.39 is 0 Å². The van der Waals surface area contributed by atoms with Crippen LogP contribution in [0, 0.1) is 6.92 Å². The average molecular weight is 271 g/mol. The summed E-state index contributed by atoms with van der Waals surface area (Å²) in [5.41, 5.74) is 2.10. The maximum absolute atomic E-state index is 12.3. The van der Waals surface area contributed by atoms with Crippen LogP contribution in [0.4, 0.5) is 5.82 Å². The summed E-state index contributed by atoms with van der Waals surface area (Å²) in [5, 5.41) is 13.6. The Kier molecular flexibility index (Phi) is 2.90. The molecule has 3 aromatic rings. The summed E-state index contributed by atoms with van der Waals surface area (Å²) < 4.78 is 1.57. The third-order valence-corrected chi connectivity index (χ3v) is 2.93. The topological polar surface area (TPSA) is 101 Å². The largest absolute Gasteiger partial charge is 0.305 e. The molecule has 0 radical (unpaired) electrons. The number of carbonyl (C=O) groups is 1. The average Bonchev–Trinajstić information content (AvgIpc) is 3.06. The van der Waals surface area contributed by atoms with E-state index in [-0.39, 0.29) is 5.91 Å². The van der Waals surface area contributed by atoms with Crippen molar-refractivity contribution in [1.29, 1.82) is 0 Å². The molecular weight excluding hydrogens is 258 g/mol. The van der Waals surface area contributed by atoms with E-state index >= 15 is 0 Å². The first-order valence-electron chi connectivity index (χ1n) is 6.20. The van der Waals surface area contributed by atoms with Crippen molar-refractivity contribution in [3.05, 3.63) is 35.5 Å². The summed E-state index contributed by atoms with van der Waals surface area (Å²) >= 11 is 0. The van der Waals surface area contributed by atoms with Crippen LogP contribution in [-0.2, 0) is 6.42 Å². The number of hydrogen-bond donors (Lipinski definition) is 2. The monoisotopic (exact) mass is 271 g/mol. The molecule has 0 unspecified atom stereocenters. The van der Waals surface area contributed by atoms with E-state index in [0.717, 1.165) is 11.4 Å². The predicted molar refractivity (Wildman–Crippen MR) is 71.4 cm³/mol. The van der Waals surface area contributed by atoms with Gasteiger partial charge < -0.3 is 5.32 Å². The summed E-state index contributed by atoms with van der Waals surface area (Å²) in [6, 6.07) is 1.75. The lowest BCUT2D eigenvalue weighted by Crippen LogP contribution is -2.17. The Balaban J connectivity index is 1.98. The molecule has 2 N–H and O–H groups in total. The summed E-state index contributed by atoms with van der Waals surface area (Å²) in [6.07, 6.45) is 3.57. The van der Waals surface area contributed by atoms with Gasteiger partial charge in [-0.2, -0.15) is 15.2 Å². The Hall–Kier alpha value is -2.77. The number of fused-ring (bicyclic) bond motifs is 1. The number of aromatic amines is 1. The third kappa shape index (κ3) is 2.00. The molecule has 0 aliphatic rings. The molecule has 0 atom stereocenters. The van der Waals surface area contributed by atoms with Crippen LogP contribution < -0.4 is 5.32 Å². The highest BCUT2D eigenvalue weighted by Gasteiger charge is 2.16. The van der Waals surface area contributed by atoms with Gasteiger partial charge in [0.15, 0.2) is 5.82 Å². The van der Waals surface area contributed by atoms with Crippen LogP contribution in [0.5, 0.6) is 0 Å². The molecule has 20 heavy (non-hydrogen) atoms. The summed E-state index contributed by atoms with van der Waals surface area (Å²) in [6.45, 7) is 3.81. The fraction of sp³-hybridized carbons (Fsp3) is 0.250. The first-order chi connectivity index (χ1) is 9.69. The fourth-order valence-corrected chi connectivity index (χ4v) is 2.02. The Morgan fingerprint density at radius 3 is 3.00 bits per heavy atom. The highest BCUT2D eigenvalue weighted by molar-refractivity contribution is 6.04. The van der Waals surface area contributed by atoms with Gasteiger partial charge in [-0.15, -0.1) is 0 Å². The number of hydrogen-bond acceptors (Lipinski definition) is 5. The van der Waals surface area contributed by atoms with Crippen molar-refractivity contribution < 1.29 is 4.79 Å². The molecule has 1 amide bonds. The maximum atomic E-state index is 12.3. The van der Waals surface area contributed by atoms with Crippen molar-refractivity contribution in [2.45, 2.75) is 20.3 Å². The second-order valence-corrected chi connectivity index (χ2v) is 4.33. The summed E-state index contributed by atoms with van der Waals surface area (Å²) in [7, 11) is 0. The van der Waals surface area contributed by atoms with Crippen molar-refractivity contribution in [1.82, 2.24) is 29.8 Å². The van der Waals surface area contributed by atoms with E-state index in [2.05, 4.69) is 30.6 Å². The first-order valence-corrected chi connectivity index (χ1v) is 6.20. The van der Waals surface area contributed by atoms with Gasteiger partial charge in [0, 0.05) is 18.0 Å². The second kappa shape index (κ2) is 4.72. The lowest BCUT2D eigenvalue weighted by Gasteiger charge is -2.08.